The Hall–Kier alpha value is -2.34. The molecule has 0 heterocycles. The molecule has 138 valence electrons. The van der Waals surface area contributed by atoms with Gasteiger partial charge in [-0.25, -0.2) is 0 Å². The monoisotopic (exact) mass is 418 g/mol. The number of para-hydroxylation sites is 2. The van der Waals surface area contributed by atoms with E-state index in [9.17, 15) is 9.59 Å². The molecule has 2 aromatic carbocycles. The number of unbranched alkanes of at least 4 members (excludes halogenated alkanes) is 1. The van der Waals surface area contributed by atoms with Gasteiger partial charge in [0.1, 0.15) is 5.75 Å². The molecule has 0 unspecified atom stereocenters. The lowest BCUT2D eigenvalue weighted by atomic mass is 10.2. The van der Waals surface area contributed by atoms with Crippen LogP contribution in [0.3, 0.4) is 0 Å². The summed E-state index contributed by atoms with van der Waals surface area (Å²) in [5.74, 6) is 0.287. The third kappa shape index (κ3) is 6.52. The Kier molecular flexibility index (Phi) is 8.15. The van der Waals surface area contributed by atoms with E-state index in [2.05, 4.69) is 33.5 Å². The molecule has 2 aromatic rings. The maximum Gasteiger partial charge on any atom is 0.251 e. The summed E-state index contributed by atoms with van der Waals surface area (Å²) in [6.45, 7) is 2.98. The first-order valence-corrected chi connectivity index (χ1v) is 9.45. The number of rotatable bonds is 9. The van der Waals surface area contributed by atoms with E-state index in [4.69, 9.17) is 4.74 Å². The summed E-state index contributed by atoms with van der Waals surface area (Å²) in [6.07, 6.45) is 2.20. The first-order valence-electron chi connectivity index (χ1n) is 8.65. The van der Waals surface area contributed by atoms with Crippen LogP contribution in [0.25, 0.3) is 0 Å². The van der Waals surface area contributed by atoms with Crippen molar-refractivity contribution >= 4 is 33.4 Å². The van der Waals surface area contributed by atoms with Crippen molar-refractivity contribution in [1.29, 1.82) is 0 Å². The van der Waals surface area contributed by atoms with Crippen molar-refractivity contribution in [2.45, 2.75) is 26.2 Å². The predicted molar refractivity (Wildman–Crippen MR) is 107 cm³/mol. The van der Waals surface area contributed by atoms with E-state index < -0.39 is 0 Å². The molecular formula is C20H23BrN2O3. The third-order valence-electron chi connectivity index (χ3n) is 3.66. The lowest BCUT2D eigenvalue weighted by Gasteiger charge is -2.12. The molecular weight excluding hydrogens is 396 g/mol. The standard InChI is InChI=1S/C20H23BrN2O3/c1-2-3-14-26-18-7-5-4-6-17(18)23-19(24)12-13-22-20(25)15-8-10-16(21)11-9-15/h4-11H,2-3,12-14H2,1H3,(H,22,25)(H,23,24). The van der Waals surface area contributed by atoms with Crippen molar-refractivity contribution in [3.8, 4) is 5.75 Å². The fraction of sp³-hybridized carbons (Fsp3) is 0.300. The molecule has 0 saturated heterocycles. The molecule has 2 amide bonds. The molecule has 0 aromatic heterocycles. The summed E-state index contributed by atoms with van der Waals surface area (Å²) in [5.41, 5.74) is 1.20. The highest BCUT2D eigenvalue weighted by Gasteiger charge is 2.09. The van der Waals surface area contributed by atoms with Gasteiger partial charge in [0, 0.05) is 23.0 Å². The van der Waals surface area contributed by atoms with Crippen molar-refractivity contribution < 1.29 is 14.3 Å². The maximum atomic E-state index is 12.1. The number of halogens is 1. The molecule has 0 aliphatic rings. The normalized spacial score (nSPS) is 10.2. The first-order chi connectivity index (χ1) is 12.6. The lowest BCUT2D eigenvalue weighted by molar-refractivity contribution is -0.116. The smallest absolute Gasteiger partial charge is 0.251 e. The van der Waals surface area contributed by atoms with E-state index >= 15 is 0 Å². The van der Waals surface area contributed by atoms with Gasteiger partial charge in [0.15, 0.2) is 0 Å². The van der Waals surface area contributed by atoms with Gasteiger partial charge >= 0.3 is 0 Å². The average molecular weight is 419 g/mol. The quantitative estimate of drug-likeness (QED) is 0.593. The van der Waals surface area contributed by atoms with Crippen molar-refractivity contribution in [2.75, 3.05) is 18.5 Å². The van der Waals surface area contributed by atoms with E-state index in [1.165, 1.54) is 0 Å². The number of ether oxygens (including phenoxy) is 1. The second kappa shape index (κ2) is 10.6. The van der Waals surface area contributed by atoms with E-state index in [0.717, 1.165) is 17.3 Å². The zero-order chi connectivity index (χ0) is 18.8. The van der Waals surface area contributed by atoms with Gasteiger partial charge < -0.3 is 15.4 Å². The molecule has 0 atom stereocenters. The van der Waals surface area contributed by atoms with Crippen LogP contribution in [0.5, 0.6) is 5.75 Å². The minimum atomic E-state index is -0.200. The molecule has 5 nitrogen and oxygen atoms in total. The molecule has 0 radical (unpaired) electrons. The second-order valence-corrected chi connectivity index (χ2v) is 6.67. The Bertz CT molecular complexity index is 732. The van der Waals surface area contributed by atoms with Crippen LogP contribution in [-0.2, 0) is 4.79 Å². The van der Waals surface area contributed by atoms with Gasteiger partial charge in [-0.3, -0.25) is 9.59 Å². The van der Waals surface area contributed by atoms with Crippen LogP contribution in [-0.4, -0.2) is 25.0 Å². The predicted octanol–water partition coefficient (Wildman–Crippen LogP) is 4.39. The number of anilines is 1. The Morgan fingerprint density at radius 1 is 1.08 bits per heavy atom. The Labute approximate surface area is 162 Å². The molecule has 2 N–H and O–H groups in total. The van der Waals surface area contributed by atoms with Crippen molar-refractivity contribution in [2.24, 2.45) is 0 Å². The van der Waals surface area contributed by atoms with Crippen LogP contribution in [0.4, 0.5) is 5.69 Å². The Morgan fingerprint density at radius 2 is 1.81 bits per heavy atom. The highest BCUT2D eigenvalue weighted by Crippen LogP contribution is 2.24. The van der Waals surface area contributed by atoms with E-state index in [0.29, 0.717) is 23.6 Å². The minimum Gasteiger partial charge on any atom is -0.491 e. The molecule has 26 heavy (non-hydrogen) atoms. The molecule has 0 bridgehead atoms. The number of hydrogen-bond donors (Lipinski definition) is 2. The second-order valence-electron chi connectivity index (χ2n) is 5.76. The average Bonchev–Trinajstić information content (AvgIpc) is 2.64. The summed E-state index contributed by atoms with van der Waals surface area (Å²) in [6, 6.07) is 14.4. The molecule has 0 fully saturated rings. The lowest BCUT2D eigenvalue weighted by Crippen LogP contribution is -2.27. The molecule has 6 heteroatoms. The minimum absolute atomic E-state index is 0.173. The number of amides is 2. The van der Waals surface area contributed by atoms with Crippen molar-refractivity contribution in [1.82, 2.24) is 5.32 Å². The summed E-state index contributed by atoms with van der Waals surface area (Å²) in [7, 11) is 0. The fourth-order valence-electron chi connectivity index (χ4n) is 2.23. The van der Waals surface area contributed by atoms with E-state index in [1.807, 2.05) is 18.2 Å². The summed E-state index contributed by atoms with van der Waals surface area (Å²) in [5, 5.41) is 5.58. The molecule has 0 saturated carbocycles. The van der Waals surface area contributed by atoms with E-state index in [1.54, 1.807) is 30.3 Å². The van der Waals surface area contributed by atoms with Crippen LogP contribution in [0.15, 0.2) is 53.0 Å². The highest BCUT2D eigenvalue weighted by molar-refractivity contribution is 9.10. The van der Waals surface area contributed by atoms with Crippen LogP contribution < -0.4 is 15.4 Å². The van der Waals surface area contributed by atoms with Crippen LogP contribution >= 0.6 is 15.9 Å². The summed E-state index contributed by atoms with van der Waals surface area (Å²) < 4.78 is 6.61. The SMILES string of the molecule is CCCCOc1ccccc1NC(=O)CCNC(=O)c1ccc(Br)cc1. The van der Waals surface area contributed by atoms with Crippen molar-refractivity contribution in [3.63, 3.8) is 0 Å². The number of carbonyl (C=O) groups is 2. The summed E-state index contributed by atoms with van der Waals surface area (Å²) >= 11 is 3.33. The Balaban J connectivity index is 1.80. The van der Waals surface area contributed by atoms with Gasteiger partial charge in [0.25, 0.3) is 5.91 Å². The number of benzene rings is 2. The van der Waals surface area contributed by atoms with E-state index in [-0.39, 0.29) is 24.8 Å². The fourth-order valence-corrected chi connectivity index (χ4v) is 2.49. The largest absolute Gasteiger partial charge is 0.491 e. The van der Waals surface area contributed by atoms with Crippen LogP contribution in [0.2, 0.25) is 0 Å². The van der Waals surface area contributed by atoms with Gasteiger partial charge in [-0.05, 0) is 42.8 Å². The van der Waals surface area contributed by atoms with Gasteiger partial charge in [-0.2, -0.15) is 0 Å². The Morgan fingerprint density at radius 3 is 2.54 bits per heavy atom. The molecule has 0 spiro atoms. The van der Waals surface area contributed by atoms with Crippen LogP contribution in [0.1, 0.15) is 36.5 Å². The van der Waals surface area contributed by atoms with Gasteiger partial charge in [-0.1, -0.05) is 41.4 Å². The number of carbonyl (C=O) groups excluding carboxylic acids is 2. The molecule has 2 rings (SSSR count). The van der Waals surface area contributed by atoms with Crippen molar-refractivity contribution in [3.05, 3.63) is 58.6 Å². The zero-order valence-electron chi connectivity index (χ0n) is 14.8. The zero-order valence-corrected chi connectivity index (χ0v) is 16.3. The summed E-state index contributed by atoms with van der Waals surface area (Å²) in [4.78, 5) is 24.2. The topological polar surface area (TPSA) is 67.4 Å². The third-order valence-corrected chi connectivity index (χ3v) is 4.19. The van der Waals surface area contributed by atoms with Gasteiger partial charge in [-0.15, -0.1) is 0 Å². The molecule has 0 aliphatic heterocycles. The highest BCUT2D eigenvalue weighted by atomic mass is 79.9. The first kappa shape index (κ1) is 20.0. The molecule has 0 aliphatic carbocycles. The van der Waals surface area contributed by atoms with Gasteiger partial charge in [0.05, 0.1) is 12.3 Å². The van der Waals surface area contributed by atoms with Crippen LogP contribution in [0, 0.1) is 0 Å². The maximum absolute atomic E-state index is 12.1. The van der Waals surface area contributed by atoms with Gasteiger partial charge in [0.2, 0.25) is 5.91 Å². The number of hydrogen-bond acceptors (Lipinski definition) is 3. The number of nitrogens with one attached hydrogen (secondary N) is 2.